The predicted molar refractivity (Wildman–Crippen MR) is 144 cm³/mol. The average molecular weight is 527 g/mol. The first-order valence-corrected chi connectivity index (χ1v) is 12.9. The standard InChI is InChI=1S/C27H22N6O4S/c1-31(2)21-12-10-19(11-13-21)20-14-16-32(17-15-20)27-26(28-24-8-3-4-9-25(24)29-27)30-38(36,37)23-7-5-6-22(18-23)33(34)35/h3-18H,1-2H3. The summed E-state index contributed by atoms with van der Waals surface area (Å²) in [6, 6.07) is 23.7. The Labute approximate surface area is 219 Å². The van der Waals surface area contributed by atoms with Crippen molar-refractivity contribution in [3.63, 3.8) is 0 Å². The van der Waals surface area contributed by atoms with Gasteiger partial charge in [-0.05, 0) is 52.5 Å². The van der Waals surface area contributed by atoms with E-state index < -0.39 is 14.9 Å². The van der Waals surface area contributed by atoms with E-state index in [4.69, 9.17) is 0 Å². The summed E-state index contributed by atoms with van der Waals surface area (Å²) in [5, 5.41) is 11.2. The van der Waals surface area contributed by atoms with Gasteiger partial charge in [-0.15, -0.1) is 0 Å². The molecule has 0 aliphatic carbocycles. The number of non-ortho nitro benzene ring substituents is 1. The second kappa shape index (κ2) is 9.87. The fourth-order valence-electron chi connectivity index (χ4n) is 3.85. The van der Waals surface area contributed by atoms with Crippen LogP contribution in [0.4, 0.5) is 17.2 Å². The molecular weight excluding hydrogens is 504 g/mol. The molecule has 38 heavy (non-hydrogen) atoms. The predicted octanol–water partition coefficient (Wildman–Crippen LogP) is 4.94. The highest BCUT2D eigenvalue weighted by atomic mass is 32.2. The van der Waals surface area contributed by atoms with Crippen molar-refractivity contribution < 1.29 is 17.9 Å². The van der Waals surface area contributed by atoms with Crippen molar-refractivity contribution in [3.8, 4) is 16.9 Å². The Morgan fingerprint density at radius 2 is 1.47 bits per heavy atom. The average Bonchev–Trinajstić information content (AvgIpc) is 2.93. The minimum absolute atomic E-state index is 0.136. The lowest BCUT2D eigenvalue weighted by Crippen LogP contribution is -2.31. The summed E-state index contributed by atoms with van der Waals surface area (Å²) in [5.41, 5.74) is 3.73. The van der Waals surface area contributed by atoms with Crippen LogP contribution < -0.4 is 9.47 Å². The number of rotatable bonds is 7. The Bertz CT molecular complexity index is 1760. The van der Waals surface area contributed by atoms with Crippen LogP contribution in [0.2, 0.25) is 0 Å². The van der Waals surface area contributed by atoms with E-state index in [2.05, 4.69) is 14.7 Å². The first-order valence-electron chi connectivity index (χ1n) is 11.5. The van der Waals surface area contributed by atoms with Crippen LogP contribution in [0.1, 0.15) is 0 Å². The van der Waals surface area contributed by atoms with E-state index in [1.54, 1.807) is 35.2 Å². The van der Waals surface area contributed by atoms with E-state index in [9.17, 15) is 18.5 Å². The van der Waals surface area contributed by atoms with Gasteiger partial charge in [-0.2, -0.15) is 0 Å². The zero-order valence-corrected chi connectivity index (χ0v) is 21.3. The SMILES string of the molecule is CN(C)c1ccc(-c2cc[n+](-c3nc4ccccc4nc3[N-]S(=O)(=O)c3cccc([N+](=O)[O-])c3)cc2)cc1. The molecule has 0 unspecified atom stereocenters. The summed E-state index contributed by atoms with van der Waals surface area (Å²) >= 11 is 0. The molecule has 0 saturated heterocycles. The maximum absolute atomic E-state index is 13.1. The number of hydrogen-bond donors (Lipinski definition) is 0. The van der Waals surface area contributed by atoms with Crippen LogP contribution in [-0.4, -0.2) is 37.4 Å². The van der Waals surface area contributed by atoms with Crippen molar-refractivity contribution in [1.82, 2.24) is 9.97 Å². The van der Waals surface area contributed by atoms with Gasteiger partial charge in [0.25, 0.3) is 5.69 Å². The number of nitro benzene ring substituents is 1. The minimum atomic E-state index is -4.33. The van der Waals surface area contributed by atoms with Crippen LogP contribution in [0.15, 0.2) is 102 Å². The molecule has 11 heteroatoms. The lowest BCUT2D eigenvalue weighted by atomic mass is 10.1. The molecule has 190 valence electrons. The number of sulfonamides is 1. The number of fused-ring (bicyclic) bond motifs is 1. The van der Waals surface area contributed by atoms with Gasteiger partial charge >= 0.3 is 5.82 Å². The first kappa shape index (κ1) is 24.8. The van der Waals surface area contributed by atoms with Crippen LogP contribution in [0.3, 0.4) is 0 Å². The number of hydrogen-bond acceptors (Lipinski definition) is 7. The summed E-state index contributed by atoms with van der Waals surface area (Å²) < 4.78 is 31.9. The van der Waals surface area contributed by atoms with Gasteiger partial charge in [0.05, 0.1) is 22.2 Å². The fourth-order valence-corrected chi connectivity index (χ4v) is 4.83. The molecule has 0 N–H and O–H groups in total. The Hall–Kier alpha value is -4.90. The third-order valence-electron chi connectivity index (χ3n) is 5.86. The lowest BCUT2D eigenvalue weighted by Gasteiger charge is -2.16. The van der Waals surface area contributed by atoms with Gasteiger partial charge in [0, 0.05) is 43.3 Å². The van der Waals surface area contributed by atoms with E-state index in [-0.39, 0.29) is 22.2 Å². The molecule has 0 aliphatic rings. The van der Waals surface area contributed by atoms with Crippen LogP contribution in [0.25, 0.3) is 32.7 Å². The maximum atomic E-state index is 13.1. The molecule has 5 rings (SSSR count). The number of nitrogens with zero attached hydrogens (tertiary/aromatic N) is 6. The summed E-state index contributed by atoms with van der Waals surface area (Å²) in [5.74, 6) is 0.0653. The van der Waals surface area contributed by atoms with Gasteiger partial charge < -0.3 is 14.6 Å². The molecule has 0 atom stereocenters. The molecule has 0 amide bonds. The fraction of sp³-hybridized carbons (Fsp3) is 0.0741. The molecule has 0 radical (unpaired) electrons. The maximum Gasteiger partial charge on any atom is 0.327 e. The van der Waals surface area contributed by atoms with Gasteiger partial charge in [0.2, 0.25) is 10.0 Å². The summed E-state index contributed by atoms with van der Waals surface area (Å²) in [7, 11) is -0.372. The Morgan fingerprint density at radius 3 is 2.11 bits per heavy atom. The third kappa shape index (κ3) is 5.00. The van der Waals surface area contributed by atoms with Crippen LogP contribution in [0, 0.1) is 10.1 Å². The number of benzene rings is 3. The number of pyridine rings is 1. The molecule has 0 fully saturated rings. The number of para-hydroxylation sites is 2. The smallest absolute Gasteiger partial charge is 0.327 e. The van der Waals surface area contributed by atoms with E-state index in [1.807, 2.05) is 61.5 Å². The van der Waals surface area contributed by atoms with Gasteiger partial charge in [-0.25, -0.2) is 13.0 Å². The molecule has 0 saturated carbocycles. The highest BCUT2D eigenvalue weighted by molar-refractivity contribution is 7.94. The quantitative estimate of drug-likeness (QED) is 0.167. The van der Waals surface area contributed by atoms with Crippen molar-refractivity contribution >= 4 is 38.2 Å². The molecule has 5 aromatic rings. The zero-order valence-electron chi connectivity index (χ0n) is 20.5. The van der Waals surface area contributed by atoms with Gasteiger partial charge in [-0.1, -0.05) is 36.4 Å². The number of aromatic nitrogens is 3. The number of anilines is 1. The van der Waals surface area contributed by atoms with Gasteiger partial charge in [0.15, 0.2) is 5.52 Å². The molecular formula is C27H22N6O4S. The summed E-state index contributed by atoms with van der Waals surface area (Å²) in [6.45, 7) is 0. The molecule has 2 aromatic heterocycles. The Balaban J connectivity index is 1.55. The first-order chi connectivity index (χ1) is 18.2. The Kier molecular flexibility index (Phi) is 6.43. The monoisotopic (exact) mass is 526 g/mol. The van der Waals surface area contributed by atoms with Crippen molar-refractivity contribution in [2.24, 2.45) is 0 Å². The second-order valence-electron chi connectivity index (χ2n) is 8.62. The van der Waals surface area contributed by atoms with E-state index in [1.165, 1.54) is 18.2 Å². The van der Waals surface area contributed by atoms with E-state index in [0.717, 1.165) is 22.9 Å². The van der Waals surface area contributed by atoms with Crippen LogP contribution in [0.5, 0.6) is 0 Å². The molecule has 0 spiro atoms. The van der Waals surface area contributed by atoms with Crippen LogP contribution in [-0.2, 0) is 10.0 Å². The summed E-state index contributed by atoms with van der Waals surface area (Å²) in [6.07, 6.45) is 3.51. The molecule has 2 heterocycles. The van der Waals surface area contributed by atoms with Crippen molar-refractivity contribution in [2.45, 2.75) is 4.90 Å². The topological polar surface area (TPSA) is 124 Å². The zero-order chi connectivity index (χ0) is 26.9. The molecule has 3 aromatic carbocycles. The van der Waals surface area contributed by atoms with Crippen molar-refractivity contribution in [3.05, 3.63) is 112 Å². The Morgan fingerprint density at radius 1 is 0.842 bits per heavy atom. The summed E-state index contributed by atoms with van der Waals surface area (Å²) in [4.78, 5) is 21.3. The highest BCUT2D eigenvalue weighted by Gasteiger charge is 2.20. The number of nitro groups is 1. The van der Waals surface area contributed by atoms with Gasteiger partial charge in [0.1, 0.15) is 0 Å². The van der Waals surface area contributed by atoms with Crippen LogP contribution >= 0.6 is 0 Å². The minimum Gasteiger partial charge on any atom is -0.425 e. The van der Waals surface area contributed by atoms with E-state index >= 15 is 0 Å². The molecule has 0 bridgehead atoms. The van der Waals surface area contributed by atoms with Crippen molar-refractivity contribution in [1.29, 1.82) is 0 Å². The second-order valence-corrected chi connectivity index (χ2v) is 10.2. The van der Waals surface area contributed by atoms with Crippen molar-refractivity contribution in [2.75, 3.05) is 19.0 Å². The lowest BCUT2D eigenvalue weighted by molar-refractivity contribution is -0.598. The third-order valence-corrected chi connectivity index (χ3v) is 7.12. The molecule has 0 aliphatic heterocycles. The molecule has 10 nitrogen and oxygen atoms in total. The van der Waals surface area contributed by atoms with E-state index in [0.29, 0.717) is 11.0 Å². The normalized spacial score (nSPS) is 11.3. The highest BCUT2D eigenvalue weighted by Crippen LogP contribution is 2.31. The largest absolute Gasteiger partial charge is 0.425 e. The van der Waals surface area contributed by atoms with Gasteiger partial charge in [-0.3, -0.25) is 10.1 Å².